The monoisotopic (exact) mass is 355 g/mol. The van der Waals surface area contributed by atoms with E-state index in [0.29, 0.717) is 24.1 Å². The fourth-order valence-electron chi connectivity index (χ4n) is 3.16. The van der Waals surface area contributed by atoms with Crippen LogP contribution in [0, 0.1) is 12.8 Å². The summed E-state index contributed by atoms with van der Waals surface area (Å²) in [6, 6.07) is 7.83. The van der Waals surface area contributed by atoms with Gasteiger partial charge >= 0.3 is 5.97 Å². The number of nitrogens with zero attached hydrogens (tertiary/aromatic N) is 3. The molecule has 2 aromatic rings. The molecule has 1 aromatic carbocycles. The number of rotatable bonds is 7. The third-order valence-electron chi connectivity index (χ3n) is 4.60. The minimum absolute atomic E-state index is 0.00119. The first kappa shape index (κ1) is 18.1. The zero-order valence-electron chi connectivity index (χ0n) is 15.1. The molecule has 0 bridgehead atoms. The summed E-state index contributed by atoms with van der Waals surface area (Å²) in [6.45, 7) is 2.02. The van der Waals surface area contributed by atoms with Crippen LogP contribution >= 0.6 is 0 Å². The van der Waals surface area contributed by atoms with Gasteiger partial charge in [-0.05, 0) is 31.4 Å². The van der Waals surface area contributed by atoms with E-state index in [4.69, 9.17) is 10.5 Å². The Morgan fingerprint density at radius 1 is 1.19 bits per heavy atom. The smallest absolute Gasteiger partial charge is 0.306 e. The van der Waals surface area contributed by atoms with E-state index in [1.807, 2.05) is 31.2 Å². The van der Waals surface area contributed by atoms with Crippen molar-refractivity contribution in [3.63, 3.8) is 0 Å². The summed E-state index contributed by atoms with van der Waals surface area (Å²) in [5, 5.41) is 3.08. The Bertz CT molecular complexity index is 742. The molecule has 7 heteroatoms. The van der Waals surface area contributed by atoms with E-state index in [9.17, 15) is 4.79 Å². The fraction of sp³-hybridized carbons (Fsp3) is 0.474. The van der Waals surface area contributed by atoms with Crippen molar-refractivity contribution in [2.45, 2.75) is 52.1 Å². The Balaban J connectivity index is 1.53. The third-order valence-corrected chi connectivity index (χ3v) is 4.60. The van der Waals surface area contributed by atoms with Crippen molar-refractivity contribution >= 4 is 23.6 Å². The van der Waals surface area contributed by atoms with Crippen LogP contribution in [0.25, 0.3) is 0 Å². The lowest BCUT2D eigenvalue weighted by Gasteiger charge is -2.09. The Kier molecular flexibility index (Phi) is 5.99. The molecule has 0 saturated heterocycles. The minimum Gasteiger partial charge on any atom is -0.457 e. The molecule has 0 amide bonds. The van der Waals surface area contributed by atoms with E-state index in [1.165, 1.54) is 25.7 Å². The maximum absolute atomic E-state index is 11.9. The van der Waals surface area contributed by atoms with Gasteiger partial charge in [0.1, 0.15) is 0 Å². The van der Waals surface area contributed by atoms with Gasteiger partial charge in [-0.2, -0.15) is 15.0 Å². The van der Waals surface area contributed by atoms with E-state index in [-0.39, 0.29) is 18.5 Å². The topological polar surface area (TPSA) is 103 Å². The second-order valence-electron chi connectivity index (χ2n) is 6.77. The highest BCUT2D eigenvalue weighted by Gasteiger charge is 2.17. The largest absolute Gasteiger partial charge is 0.457 e. The molecule has 3 rings (SSSR count). The van der Waals surface area contributed by atoms with Crippen molar-refractivity contribution in [2.75, 3.05) is 11.1 Å². The summed E-state index contributed by atoms with van der Waals surface area (Å²) in [6.07, 6.45) is 6.36. The van der Waals surface area contributed by atoms with Crippen LogP contribution in [0.5, 0.6) is 0 Å². The van der Waals surface area contributed by atoms with Crippen LogP contribution in [0.2, 0.25) is 0 Å². The van der Waals surface area contributed by atoms with Crippen molar-refractivity contribution < 1.29 is 9.53 Å². The number of benzene rings is 1. The van der Waals surface area contributed by atoms with Gasteiger partial charge in [0.25, 0.3) is 0 Å². The fourth-order valence-corrected chi connectivity index (χ4v) is 3.16. The molecule has 7 nitrogen and oxygen atoms in total. The van der Waals surface area contributed by atoms with Crippen molar-refractivity contribution in [1.82, 2.24) is 15.0 Å². The van der Waals surface area contributed by atoms with E-state index >= 15 is 0 Å². The van der Waals surface area contributed by atoms with Crippen LogP contribution in [0.1, 0.15) is 49.9 Å². The standard InChI is InChI=1S/C19H25N5O2/c1-13-6-9-15(10-7-13)21-19-23-16(22-18(20)24-19)12-26-17(25)11-8-14-4-2-3-5-14/h6-7,9-10,14H,2-5,8,11-12H2,1H3,(H3,20,21,22,23,24). The van der Waals surface area contributed by atoms with Crippen molar-refractivity contribution in [1.29, 1.82) is 0 Å². The molecule has 0 spiro atoms. The van der Waals surface area contributed by atoms with Crippen molar-refractivity contribution in [3.8, 4) is 0 Å². The van der Waals surface area contributed by atoms with E-state index in [1.54, 1.807) is 0 Å². The summed E-state index contributed by atoms with van der Waals surface area (Å²) in [4.78, 5) is 24.3. The number of hydrogen-bond donors (Lipinski definition) is 2. The number of anilines is 3. The predicted octanol–water partition coefficient (Wildman–Crippen LogP) is 3.52. The number of carbonyl (C=O) groups is 1. The number of nitrogens with one attached hydrogen (secondary N) is 1. The lowest BCUT2D eigenvalue weighted by molar-refractivity contribution is -0.145. The lowest BCUT2D eigenvalue weighted by atomic mass is 10.0. The van der Waals surface area contributed by atoms with Crippen LogP contribution in [0.15, 0.2) is 24.3 Å². The van der Waals surface area contributed by atoms with E-state index in [0.717, 1.165) is 17.7 Å². The summed E-state index contributed by atoms with van der Waals surface area (Å²) in [5.74, 6) is 1.20. The van der Waals surface area contributed by atoms with E-state index in [2.05, 4.69) is 20.3 Å². The van der Waals surface area contributed by atoms with Gasteiger partial charge in [0, 0.05) is 12.1 Å². The van der Waals surface area contributed by atoms with Gasteiger partial charge in [-0.15, -0.1) is 0 Å². The molecule has 0 unspecified atom stereocenters. The van der Waals surface area contributed by atoms with Gasteiger partial charge in [-0.3, -0.25) is 4.79 Å². The number of aromatic nitrogens is 3. The first-order valence-corrected chi connectivity index (χ1v) is 9.08. The van der Waals surface area contributed by atoms with Crippen LogP contribution in [0.3, 0.4) is 0 Å². The molecular weight excluding hydrogens is 330 g/mol. The van der Waals surface area contributed by atoms with Crippen LogP contribution in [-0.4, -0.2) is 20.9 Å². The maximum Gasteiger partial charge on any atom is 0.306 e. The van der Waals surface area contributed by atoms with E-state index < -0.39 is 0 Å². The summed E-state index contributed by atoms with van der Waals surface area (Å²) in [5.41, 5.74) is 7.75. The highest BCUT2D eigenvalue weighted by Crippen LogP contribution is 2.28. The molecule has 1 heterocycles. The molecule has 1 saturated carbocycles. The van der Waals surface area contributed by atoms with Gasteiger partial charge < -0.3 is 15.8 Å². The number of nitrogens with two attached hydrogens (primary N) is 1. The quantitative estimate of drug-likeness (QED) is 0.732. The minimum atomic E-state index is -0.219. The molecule has 0 atom stereocenters. The first-order valence-electron chi connectivity index (χ1n) is 9.08. The van der Waals surface area contributed by atoms with Gasteiger partial charge in [0.15, 0.2) is 12.4 Å². The average molecular weight is 355 g/mol. The first-order chi connectivity index (χ1) is 12.6. The molecule has 1 aliphatic rings. The van der Waals surface area contributed by atoms with Gasteiger partial charge in [-0.25, -0.2) is 0 Å². The predicted molar refractivity (Wildman–Crippen MR) is 99.7 cm³/mol. The Hall–Kier alpha value is -2.70. The number of nitrogen functional groups attached to an aromatic ring is 1. The molecule has 3 N–H and O–H groups in total. The highest BCUT2D eigenvalue weighted by molar-refractivity contribution is 5.69. The zero-order valence-corrected chi connectivity index (χ0v) is 15.1. The Morgan fingerprint density at radius 2 is 1.92 bits per heavy atom. The molecule has 138 valence electrons. The van der Waals surface area contributed by atoms with Gasteiger partial charge in [0.2, 0.25) is 11.9 Å². The number of esters is 1. The van der Waals surface area contributed by atoms with Crippen molar-refractivity contribution in [3.05, 3.63) is 35.7 Å². The van der Waals surface area contributed by atoms with Gasteiger partial charge in [-0.1, -0.05) is 43.4 Å². The molecule has 1 aromatic heterocycles. The van der Waals surface area contributed by atoms with Crippen molar-refractivity contribution in [2.24, 2.45) is 5.92 Å². The summed E-state index contributed by atoms with van der Waals surface area (Å²) < 4.78 is 5.29. The molecule has 1 fully saturated rings. The SMILES string of the molecule is Cc1ccc(Nc2nc(N)nc(COC(=O)CCC3CCCC3)n2)cc1. The summed E-state index contributed by atoms with van der Waals surface area (Å²) >= 11 is 0. The zero-order chi connectivity index (χ0) is 18.4. The molecule has 0 aliphatic heterocycles. The maximum atomic E-state index is 11.9. The molecule has 0 radical (unpaired) electrons. The molecule has 26 heavy (non-hydrogen) atoms. The second-order valence-corrected chi connectivity index (χ2v) is 6.77. The highest BCUT2D eigenvalue weighted by atomic mass is 16.5. The third kappa shape index (κ3) is 5.40. The number of carbonyl (C=O) groups excluding carboxylic acids is 1. The Labute approximate surface area is 153 Å². The van der Waals surface area contributed by atoms with Crippen LogP contribution < -0.4 is 11.1 Å². The summed E-state index contributed by atoms with van der Waals surface area (Å²) in [7, 11) is 0. The van der Waals surface area contributed by atoms with Crippen LogP contribution in [0.4, 0.5) is 17.6 Å². The average Bonchev–Trinajstić information content (AvgIpc) is 3.13. The van der Waals surface area contributed by atoms with Crippen LogP contribution in [-0.2, 0) is 16.1 Å². The normalized spacial score (nSPS) is 14.3. The second kappa shape index (κ2) is 8.60. The number of hydrogen-bond acceptors (Lipinski definition) is 7. The number of aryl methyl sites for hydroxylation is 1. The molecule has 1 aliphatic carbocycles. The lowest BCUT2D eigenvalue weighted by Crippen LogP contribution is -2.11. The van der Waals surface area contributed by atoms with Gasteiger partial charge in [0.05, 0.1) is 0 Å². The number of ether oxygens (including phenoxy) is 1. The Morgan fingerprint density at radius 3 is 2.65 bits per heavy atom. The molecular formula is C19H25N5O2.